The van der Waals surface area contributed by atoms with E-state index in [2.05, 4.69) is 20.8 Å². The Bertz CT molecular complexity index is 1320. The molecule has 2 aliphatic carbocycles. The Morgan fingerprint density at radius 1 is 1.02 bits per heavy atom. The number of amides is 2. The molecule has 2 amide bonds. The fourth-order valence-corrected chi connectivity index (χ4v) is 8.29. The number of rotatable bonds is 9. The number of hydrogen-bond donors (Lipinski definition) is 0. The Morgan fingerprint density at radius 3 is 2.23 bits per heavy atom. The highest BCUT2D eigenvalue weighted by molar-refractivity contribution is 5.86. The van der Waals surface area contributed by atoms with Crippen molar-refractivity contribution in [3.8, 4) is 0 Å². The second-order valence-electron chi connectivity index (χ2n) is 13.6. The summed E-state index contributed by atoms with van der Waals surface area (Å²) in [6.07, 6.45) is 3.85. The van der Waals surface area contributed by atoms with Crippen molar-refractivity contribution in [2.45, 2.75) is 89.7 Å². The smallest absolute Gasteiger partial charge is 0.412 e. The molecule has 232 valence electrons. The molecule has 2 aromatic rings. The first kappa shape index (κ1) is 31.0. The molecule has 5 rings (SSSR count). The van der Waals surface area contributed by atoms with Crippen LogP contribution in [-0.2, 0) is 20.9 Å². The van der Waals surface area contributed by atoms with E-state index in [4.69, 9.17) is 9.47 Å². The molecule has 9 heteroatoms. The molecule has 2 aromatic carbocycles. The van der Waals surface area contributed by atoms with Crippen molar-refractivity contribution in [2.75, 3.05) is 20.6 Å². The number of carbonyl (C=O) groups is 2. The molecule has 43 heavy (non-hydrogen) atoms. The standard InChI is InChI=1S/C34H45N3O6/c1-32(2)26-18-20-33(32,3)34(21-26)19-12-17-28(43-34)37(31(39)42-23-24-13-8-6-9-14-24)29(30(38)35(4)5)27(22-36(40)41)25-15-10-7-11-16-25/h6-11,13-16,26-29H,12,17-23H2,1-5H3/t26-,27-,28-,29-,33-,34-/m1/s1. The number of likely N-dealkylation sites (N-methyl/N-ethyl adjacent to an activating group) is 1. The second-order valence-corrected chi connectivity index (χ2v) is 13.6. The minimum absolute atomic E-state index is 0.00890. The maximum atomic E-state index is 14.3. The van der Waals surface area contributed by atoms with E-state index in [1.54, 1.807) is 38.4 Å². The number of ether oxygens (including phenoxy) is 2. The van der Waals surface area contributed by atoms with E-state index in [1.807, 2.05) is 36.4 Å². The molecular weight excluding hydrogens is 546 g/mol. The minimum Gasteiger partial charge on any atom is -0.444 e. The van der Waals surface area contributed by atoms with Gasteiger partial charge in [0.2, 0.25) is 12.5 Å². The van der Waals surface area contributed by atoms with E-state index in [0.717, 1.165) is 37.7 Å². The van der Waals surface area contributed by atoms with Crippen molar-refractivity contribution < 1.29 is 24.0 Å². The average Bonchev–Trinajstić information content (AvgIpc) is 3.30. The molecule has 1 spiro atoms. The molecule has 1 saturated heterocycles. The number of benzene rings is 2. The van der Waals surface area contributed by atoms with Gasteiger partial charge in [-0.05, 0) is 61.0 Å². The zero-order valence-electron chi connectivity index (χ0n) is 26.0. The van der Waals surface area contributed by atoms with Crippen LogP contribution in [0.4, 0.5) is 4.79 Å². The molecule has 0 radical (unpaired) electrons. The first-order chi connectivity index (χ1) is 20.4. The summed E-state index contributed by atoms with van der Waals surface area (Å²) in [6, 6.07) is 17.1. The third-order valence-corrected chi connectivity index (χ3v) is 11.1. The monoisotopic (exact) mass is 591 g/mol. The van der Waals surface area contributed by atoms with Gasteiger partial charge in [0, 0.05) is 24.4 Å². The van der Waals surface area contributed by atoms with Gasteiger partial charge in [-0.1, -0.05) is 81.4 Å². The number of hydrogen-bond acceptors (Lipinski definition) is 6. The zero-order chi connectivity index (χ0) is 31.0. The van der Waals surface area contributed by atoms with Gasteiger partial charge in [0.25, 0.3) is 0 Å². The predicted molar refractivity (Wildman–Crippen MR) is 163 cm³/mol. The van der Waals surface area contributed by atoms with Crippen molar-refractivity contribution in [2.24, 2.45) is 16.7 Å². The fraction of sp³-hybridized carbons (Fsp3) is 0.588. The van der Waals surface area contributed by atoms with Crippen LogP contribution in [0.2, 0.25) is 0 Å². The molecule has 2 saturated carbocycles. The summed E-state index contributed by atoms with van der Waals surface area (Å²) >= 11 is 0. The lowest BCUT2D eigenvalue weighted by molar-refractivity contribution is -0.484. The third kappa shape index (κ3) is 5.52. The van der Waals surface area contributed by atoms with Crippen molar-refractivity contribution >= 4 is 12.0 Å². The van der Waals surface area contributed by atoms with Gasteiger partial charge in [-0.15, -0.1) is 0 Å². The summed E-state index contributed by atoms with van der Waals surface area (Å²) in [5.41, 5.74) is 0.949. The third-order valence-electron chi connectivity index (χ3n) is 11.1. The van der Waals surface area contributed by atoms with E-state index in [-0.39, 0.29) is 17.4 Å². The summed E-state index contributed by atoms with van der Waals surface area (Å²) in [6.45, 7) is 6.47. The molecule has 3 fully saturated rings. The Hall–Kier alpha value is -3.46. The highest BCUT2D eigenvalue weighted by Gasteiger charge is 2.70. The van der Waals surface area contributed by atoms with Crippen LogP contribution in [0.25, 0.3) is 0 Å². The van der Waals surface area contributed by atoms with E-state index in [9.17, 15) is 19.7 Å². The summed E-state index contributed by atoms with van der Waals surface area (Å²) in [5, 5.41) is 12.1. The molecule has 0 unspecified atom stereocenters. The number of carbonyl (C=O) groups excluding carboxylic acids is 2. The summed E-state index contributed by atoms with van der Waals surface area (Å²) in [4.78, 5) is 42.8. The van der Waals surface area contributed by atoms with Crippen LogP contribution >= 0.6 is 0 Å². The minimum atomic E-state index is -1.20. The van der Waals surface area contributed by atoms with E-state index < -0.39 is 47.3 Å². The quantitative estimate of drug-likeness (QED) is 0.252. The molecular formula is C34H45N3O6. The van der Waals surface area contributed by atoms with Gasteiger partial charge >= 0.3 is 6.09 Å². The van der Waals surface area contributed by atoms with Crippen molar-refractivity contribution in [3.63, 3.8) is 0 Å². The summed E-state index contributed by atoms with van der Waals surface area (Å²) in [7, 11) is 3.22. The molecule has 9 nitrogen and oxygen atoms in total. The second kappa shape index (κ2) is 11.9. The van der Waals surface area contributed by atoms with Crippen LogP contribution in [0.15, 0.2) is 60.7 Å². The first-order valence-corrected chi connectivity index (χ1v) is 15.4. The molecule has 2 bridgehead atoms. The van der Waals surface area contributed by atoms with Crippen LogP contribution in [0.1, 0.15) is 76.3 Å². The Balaban J connectivity index is 1.58. The lowest BCUT2D eigenvalue weighted by Crippen LogP contribution is -2.62. The molecule has 1 heterocycles. The van der Waals surface area contributed by atoms with Gasteiger partial charge in [0.1, 0.15) is 18.9 Å². The van der Waals surface area contributed by atoms with Gasteiger partial charge in [0.05, 0.1) is 11.5 Å². The Labute approximate surface area is 254 Å². The molecule has 0 N–H and O–H groups in total. The Kier molecular flexibility index (Phi) is 8.58. The SMILES string of the molecule is CN(C)C(=O)[C@@H]([C@H](C[N+](=O)[O-])c1ccccc1)N(C(=O)OCc1ccccc1)[C@H]1CCC[C@]2(C[C@H]3CC[C@]2(C)C3(C)C)O1. The van der Waals surface area contributed by atoms with E-state index >= 15 is 0 Å². The largest absolute Gasteiger partial charge is 0.444 e. The van der Waals surface area contributed by atoms with E-state index in [1.165, 1.54) is 9.80 Å². The number of nitro groups is 1. The summed E-state index contributed by atoms with van der Waals surface area (Å²) in [5.74, 6) is -0.806. The topological polar surface area (TPSA) is 102 Å². The van der Waals surface area contributed by atoms with Crippen LogP contribution in [0.5, 0.6) is 0 Å². The number of nitrogens with zero attached hydrogens (tertiary/aromatic N) is 3. The molecule has 1 aliphatic heterocycles. The van der Waals surface area contributed by atoms with Crippen LogP contribution in [0, 0.1) is 26.9 Å². The lowest BCUT2D eigenvalue weighted by Gasteiger charge is -2.54. The molecule has 0 aromatic heterocycles. The number of fused-ring (bicyclic) bond motifs is 3. The van der Waals surface area contributed by atoms with Gasteiger partial charge in [-0.25, -0.2) is 4.79 Å². The Morgan fingerprint density at radius 2 is 1.67 bits per heavy atom. The van der Waals surface area contributed by atoms with E-state index in [0.29, 0.717) is 17.9 Å². The zero-order valence-corrected chi connectivity index (χ0v) is 26.0. The van der Waals surface area contributed by atoms with Gasteiger partial charge in [-0.3, -0.25) is 19.8 Å². The van der Waals surface area contributed by atoms with Crippen molar-refractivity contribution in [3.05, 3.63) is 81.9 Å². The van der Waals surface area contributed by atoms with Crippen LogP contribution in [-0.4, -0.2) is 65.2 Å². The maximum absolute atomic E-state index is 14.3. The normalized spacial score (nSPS) is 28.7. The lowest BCUT2D eigenvalue weighted by atomic mass is 9.62. The van der Waals surface area contributed by atoms with Gasteiger partial charge < -0.3 is 14.4 Å². The highest BCUT2D eigenvalue weighted by atomic mass is 16.6. The highest BCUT2D eigenvalue weighted by Crippen LogP contribution is 2.72. The van der Waals surface area contributed by atoms with Crippen LogP contribution in [0.3, 0.4) is 0 Å². The average molecular weight is 592 g/mol. The predicted octanol–water partition coefficient (Wildman–Crippen LogP) is 6.25. The van der Waals surface area contributed by atoms with Crippen molar-refractivity contribution in [1.82, 2.24) is 9.80 Å². The van der Waals surface area contributed by atoms with Crippen LogP contribution < -0.4 is 0 Å². The summed E-state index contributed by atoms with van der Waals surface area (Å²) < 4.78 is 13.0. The molecule has 3 aliphatic rings. The maximum Gasteiger partial charge on any atom is 0.412 e. The van der Waals surface area contributed by atoms with Gasteiger partial charge in [0.15, 0.2) is 0 Å². The molecule has 6 atom stereocenters. The fourth-order valence-electron chi connectivity index (χ4n) is 8.29. The van der Waals surface area contributed by atoms with Gasteiger partial charge in [-0.2, -0.15) is 0 Å². The van der Waals surface area contributed by atoms with Crippen molar-refractivity contribution in [1.29, 1.82) is 0 Å². The first-order valence-electron chi connectivity index (χ1n) is 15.4.